The van der Waals surface area contributed by atoms with E-state index in [0.29, 0.717) is 16.3 Å². The lowest BCUT2D eigenvalue weighted by atomic mass is 10.1. The number of hydrogen-bond donors (Lipinski definition) is 0. The molecule has 0 amide bonds. The van der Waals surface area contributed by atoms with Crippen molar-refractivity contribution in [1.29, 1.82) is 0 Å². The predicted molar refractivity (Wildman–Crippen MR) is 133 cm³/mol. The van der Waals surface area contributed by atoms with Crippen LogP contribution in [0.5, 0.6) is 5.75 Å². The molecule has 0 bridgehead atoms. The molecule has 38 heavy (non-hydrogen) atoms. The number of aromatic nitrogens is 6. The van der Waals surface area contributed by atoms with Crippen LogP contribution in [0.3, 0.4) is 0 Å². The maximum atomic E-state index is 14.0. The van der Waals surface area contributed by atoms with Crippen molar-refractivity contribution in [2.24, 2.45) is 7.05 Å². The Bertz CT molecular complexity index is 1810. The molecule has 0 fully saturated rings. The van der Waals surface area contributed by atoms with Crippen LogP contribution in [0.15, 0.2) is 58.5 Å². The van der Waals surface area contributed by atoms with Crippen molar-refractivity contribution < 1.29 is 17.9 Å². The van der Waals surface area contributed by atoms with Gasteiger partial charge in [-0.15, -0.1) is 0 Å². The molecule has 3 aromatic heterocycles. The van der Waals surface area contributed by atoms with Gasteiger partial charge in [-0.05, 0) is 42.0 Å². The number of ether oxygens (including phenoxy) is 1. The van der Waals surface area contributed by atoms with Gasteiger partial charge >= 0.3 is 5.69 Å². The summed E-state index contributed by atoms with van der Waals surface area (Å²) in [5.41, 5.74) is -0.688. The van der Waals surface area contributed by atoms with Crippen molar-refractivity contribution in [2.75, 3.05) is 7.11 Å². The second kappa shape index (κ2) is 9.78. The Hall–Kier alpha value is -4.45. The highest BCUT2D eigenvalue weighted by atomic mass is 35.5. The molecule has 2 aromatic carbocycles. The highest BCUT2D eigenvalue weighted by Crippen LogP contribution is 2.33. The molecular formula is C25H18ClF3N6O3. The number of hydrogen-bond acceptors (Lipinski definition) is 6. The largest absolute Gasteiger partial charge is 0.496 e. The first-order valence-electron chi connectivity index (χ1n) is 11.1. The van der Waals surface area contributed by atoms with Gasteiger partial charge in [-0.25, -0.2) is 22.9 Å². The van der Waals surface area contributed by atoms with Crippen LogP contribution in [0, 0.1) is 17.5 Å². The summed E-state index contributed by atoms with van der Waals surface area (Å²) in [5.74, 6) is -4.17. The molecule has 0 aliphatic carbocycles. The number of rotatable bonds is 6. The van der Waals surface area contributed by atoms with Gasteiger partial charge < -0.3 is 4.74 Å². The quantitative estimate of drug-likeness (QED) is 0.305. The first-order valence-corrected chi connectivity index (χ1v) is 11.5. The van der Waals surface area contributed by atoms with Gasteiger partial charge in [0.1, 0.15) is 17.5 Å². The lowest BCUT2D eigenvalue weighted by Crippen LogP contribution is -2.41. The third-order valence-electron chi connectivity index (χ3n) is 5.88. The Morgan fingerprint density at radius 1 is 1.00 bits per heavy atom. The van der Waals surface area contributed by atoms with Crippen LogP contribution in [-0.4, -0.2) is 36.0 Å². The Labute approximate surface area is 217 Å². The van der Waals surface area contributed by atoms with E-state index in [1.165, 1.54) is 30.4 Å². The van der Waals surface area contributed by atoms with Gasteiger partial charge in [-0.1, -0.05) is 11.6 Å². The first-order chi connectivity index (χ1) is 18.2. The Balaban J connectivity index is 1.83. The normalized spacial score (nSPS) is 11.3. The number of nitrogens with zero attached hydrogens (tertiary/aromatic N) is 6. The van der Waals surface area contributed by atoms with E-state index in [-0.39, 0.29) is 34.6 Å². The van der Waals surface area contributed by atoms with Crippen LogP contribution in [0.4, 0.5) is 13.2 Å². The molecule has 0 aliphatic heterocycles. The van der Waals surface area contributed by atoms with Crippen molar-refractivity contribution >= 4 is 22.5 Å². The SMILES string of the molecule is COc1cc(-c2ncccc2Cl)cc2c1c(=O)n(Cc1ncn(C)n1)c(=O)n2Cc1cc(F)c(F)c(F)c1. The average Bonchev–Trinajstić information content (AvgIpc) is 3.31. The van der Waals surface area contributed by atoms with E-state index in [1.54, 1.807) is 25.2 Å². The van der Waals surface area contributed by atoms with Crippen LogP contribution in [0.2, 0.25) is 5.02 Å². The third kappa shape index (κ3) is 4.43. The minimum atomic E-state index is -1.63. The molecule has 3 heterocycles. The van der Waals surface area contributed by atoms with Crippen molar-refractivity contribution in [3.8, 4) is 17.0 Å². The summed E-state index contributed by atoms with van der Waals surface area (Å²) in [6.07, 6.45) is 2.93. The molecule has 13 heteroatoms. The van der Waals surface area contributed by atoms with Crippen LogP contribution >= 0.6 is 11.6 Å². The topological polar surface area (TPSA) is 96.8 Å². The maximum absolute atomic E-state index is 14.0. The summed E-state index contributed by atoms with van der Waals surface area (Å²) < 4.78 is 50.6. The molecule has 0 saturated carbocycles. The minimum absolute atomic E-state index is 0.0156. The predicted octanol–water partition coefficient (Wildman–Crippen LogP) is 3.53. The van der Waals surface area contributed by atoms with E-state index in [4.69, 9.17) is 16.3 Å². The van der Waals surface area contributed by atoms with Crippen LogP contribution < -0.4 is 16.0 Å². The van der Waals surface area contributed by atoms with E-state index >= 15 is 0 Å². The van der Waals surface area contributed by atoms with Crippen molar-refractivity contribution in [3.63, 3.8) is 0 Å². The van der Waals surface area contributed by atoms with Gasteiger partial charge in [-0.2, -0.15) is 5.10 Å². The number of pyridine rings is 1. The molecular weight excluding hydrogens is 525 g/mol. The smallest absolute Gasteiger partial charge is 0.332 e. The van der Waals surface area contributed by atoms with Crippen molar-refractivity contribution in [2.45, 2.75) is 13.1 Å². The highest BCUT2D eigenvalue weighted by molar-refractivity contribution is 6.33. The molecule has 9 nitrogen and oxygen atoms in total. The monoisotopic (exact) mass is 542 g/mol. The summed E-state index contributed by atoms with van der Waals surface area (Å²) in [6.45, 7) is -0.681. The lowest BCUT2D eigenvalue weighted by Gasteiger charge is -2.17. The van der Waals surface area contributed by atoms with Gasteiger partial charge in [0, 0.05) is 18.8 Å². The Morgan fingerprint density at radius 2 is 1.74 bits per heavy atom. The van der Waals surface area contributed by atoms with Crippen LogP contribution in [0.1, 0.15) is 11.4 Å². The molecule has 0 saturated heterocycles. The van der Waals surface area contributed by atoms with Gasteiger partial charge in [0.15, 0.2) is 23.3 Å². The number of methoxy groups -OCH3 is 1. The molecule has 5 rings (SSSR count). The molecule has 0 N–H and O–H groups in total. The summed E-state index contributed by atoms with van der Waals surface area (Å²) in [7, 11) is 2.98. The van der Waals surface area contributed by atoms with Gasteiger partial charge in [-0.3, -0.25) is 23.6 Å². The summed E-state index contributed by atoms with van der Waals surface area (Å²) in [6, 6.07) is 7.88. The van der Waals surface area contributed by atoms with Gasteiger partial charge in [0.2, 0.25) is 0 Å². The molecule has 0 unspecified atom stereocenters. The first kappa shape index (κ1) is 25.2. The Morgan fingerprint density at radius 3 is 2.37 bits per heavy atom. The van der Waals surface area contributed by atoms with E-state index in [1.807, 2.05) is 0 Å². The van der Waals surface area contributed by atoms with Crippen LogP contribution in [-0.2, 0) is 20.1 Å². The number of fused-ring (bicyclic) bond motifs is 1. The molecule has 5 aromatic rings. The van der Waals surface area contributed by atoms with Crippen molar-refractivity contribution in [3.05, 3.63) is 104 Å². The summed E-state index contributed by atoms with van der Waals surface area (Å²) in [4.78, 5) is 35.7. The van der Waals surface area contributed by atoms with Gasteiger partial charge in [0.05, 0.1) is 36.4 Å². The fourth-order valence-electron chi connectivity index (χ4n) is 4.17. The van der Waals surface area contributed by atoms with Crippen molar-refractivity contribution in [1.82, 2.24) is 28.9 Å². The molecule has 0 atom stereocenters. The highest BCUT2D eigenvalue weighted by Gasteiger charge is 2.21. The zero-order valence-corrected chi connectivity index (χ0v) is 20.7. The van der Waals surface area contributed by atoms with E-state index in [2.05, 4.69) is 15.1 Å². The molecule has 0 spiro atoms. The standard InChI is InChI=1S/C25H18ClF3N6O3/c1-33-12-31-20(32-33)11-35-24(36)21-18(8-14(9-19(21)38-2)23-15(26)4-3-5-30-23)34(25(35)37)10-13-6-16(27)22(29)17(28)7-13/h3-9,12H,10-11H2,1-2H3. The molecule has 194 valence electrons. The zero-order valence-electron chi connectivity index (χ0n) is 20.0. The fourth-order valence-corrected chi connectivity index (χ4v) is 4.40. The van der Waals surface area contributed by atoms with E-state index < -0.39 is 35.2 Å². The average molecular weight is 543 g/mol. The second-order valence-electron chi connectivity index (χ2n) is 8.37. The third-order valence-corrected chi connectivity index (χ3v) is 6.18. The number of benzene rings is 2. The molecule has 0 radical (unpaired) electrons. The zero-order chi connectivity index (χ0) is 27.1. The number of halogens is 4. The Kier molecular flexibility index (Phi) is 6.49. The minimum Gasteiger partial charge on any atom is -0.496 e. The summed E-state index contributed by atoms with van der Waals surface area (Å²) in [5, 5.41) is 4.44. The van der Waals surface area contributed by atoms with E-state index in [9.17, 15) is 22.8 Å². The van der Waals surface area contributed by atoms with Gasteiger partial charge in [0.25, 0.3) is 5.56 Å². The second-order valence-corrected chi connectivity index (χ2v) is 8.78. The maximum Gasteiger partial charge on any atom is 0.332 e. The summed E-state index contributed by atoms with van der Waals surface area (Å²) >= 11 is 6.33. The van der Waals surface area contributed by atoms with E-state index in [0.717, 1.165) is 21.3 Å². The number of aryl methyl sites for hydroxylation is 1. The molecule has 0 aliphatic rings. The van der Waals surface area contributed by atoms with Crippen LogP contribution in [0.25, 0.3) is 22.2 Å². The lowest BCUT2D eigenvalue weighted by molar-refractivity contribution is 0.418. The fraction of sp³-hybridized carbons (Fsp3) is 0.160.